The molecule has 6 rings (SSSR count). The molecule has 0 heterocycles. The van der Waals surface area contributed by atoms with E-state index in [1.165, 1.54) is 25.7 Å². The summed E-state index contributed by atoms with van der Waals surface area (Å²) >= 11 is 0. The van der Waals surface area contributed by atoms with E-state index in [1.54, 1.807) is 0 Å². The molecular weight excluding hydrogens is 288 g/mol. The summed E-state index contributed by atoms with van der Waals surface area (Å²) in [6, 6.07) is 0. The smallest absolute Gasteiger partial charge is 0.309 e. The Morgan fingerprint density at radius 2 is 1.78 bits per heavy atom. The van der Waals surface area contributed by atoms with E-state index in [4.69, 9.17) is 0 Å². The van der Waals surface area contributed by atoms with Gasteiger partial charge in [-0.2, -0.15) is 0 Å². The SMILES string of the molecule is C[C@@]12C[C@@]34CC[C@H]5[C@](C)([C@@H]3C[C@@H]1[C@@H]2C4)[C@@H](O)CC[C@@]5(C)C(=O)O. The Kier molecular flexibility index (Phi) is 2.45. The van der Waals surface area contributed by atoms with E-state index in [0.29, 0.717) is 29.6 Å². The Hall–Kier alpha value is -0.570. The van der Waals surface area contributed by atoms with Crippen LogP contribution in [0.3, 0.4) is 0 Å². The molecule has 6 saturated carbocycles. The predicted molar refractivity (Wildman–Crippen MR) is 86.7 cm³/mol. The Balaban J connectivity index is 1.59. The Labute approximate surface area is 138 Å². The number of aliphatic hydroxyl groups excluding tert-OH is 1. The molecule has 1 spiro atoms. The number of hydrogen-bond acceptors (Lipinski definition) is 2. The maximum Gasteiger partial charge on any atom is 0.309 e. The van der Waals surface area contributed by atoms with Crippen LogP contribution in [0.1, 0.15) is 65.7 Å². The minimum absolute atomic E-state index is 0.133. The monoisotopic (exact) mass is 318 g/mol. The lowest BCUT2D eigenvalue weighted by atomic mass is 9.39. The standard InChI is InChI=1S/C20H30O3/c1-17(16(22)23)6-5-15(21)19(3)13(17)4-7-20-9-12-11(8-14(19)20)18(12,2)10-20/h11-15,21H,4-10H2,1-3H3,(H,22,23)/t11-,12+,13-,14+,15+,17-,18-,19-,20+/m1/s1. The van der Waals surface area contributed by atoms with Crippen LogP contribution in [0.2, 0.25) is 0 Å². The maximum atomic E-state index is 12.1. The number of rotatable bonds is 1. The summed E-state index contributed by atoms with van der Waals surface area (Å²) in [6.45, 7) is 6.70. The fourth-order valence-corrected chi connectivity index (χ4v) is 8.78. The van der Waals surface area contributed by atoms with Crippen LogP contribution >= 0.6 is 0 Å². The molecule has 6 aliphatic carbocycles. The molecule has 0 saturated heterocycles. The van der Waals surface area contributed by atoms with Crippen LogP contribution in [-0.4, -0.2) is 22.3 Å². The summed E-state index contributed by atoms with van der Waals surface area (Å²) in [5.74, 6) is 1.82. The first-order valence-corrected chi connectivity index (χ1v) is 9.60. The van der Waals surface area contributed by atoms with Crippen molar-refractivity contribution in [3.63, 3.8) is 0 Å². The summed E-state index contributed by atoms with van der Waals surface area (Å²) < 4.78 is 0. The molecule has 0 aromatic heterocycles. The zero-order valence-corrected chi connectivity index (χ0v) is 14.6. The molecular formula is C20H30O3. The van der Waals surface area contributed by atoms with Gasteiger partial charge in [0.2, 0.25) is 0 Å². The fraction of sp³-hybridized carbons (Fsp3) is 0.950. The van der Waals surface area contributed by atoms with Gasteiger partial charge in [-0.3, -0.25) is 4.79 Å². The van der Waals surface area contributed by atoms with Crippen molar-refractivity contribution in [1.82, 2.24) is 0 Å². The summed E-state index contributed by atoms with van der Waals surface area (Å²) in [4.78, 5) is 12.1. The lowest BCUT2D eigenvalue weighted by Gasteiger charge is -2.66. The van der Waals surface area contributed by atoms with Crippen molar-refractivity contribution in [2.24, 2.45) is 45.3 Å². The van der Waals surface area contributed by atoms with E-state index in [9.17, 15) is 15.0 Å². The molecule has 0 amide bonds. The van der Waals surface area contributed by atoms with E-state index < -0.39 is 11.4 Å². The molecule has 128 valence electrons. The van der Waals surface area contributed by atoms with E-state index in [2.05, 4.69) is 13.8 Å². The third-order valence-corrected chi connectivity index (χ3v) is 10.0. The van der Waals surface area contributed by atoms with E-state index in [0.717, 1.165) is 18.3 Å². The van der Waals surface area contributed by atoms with Gasteiger partial charge in [-0.1, -0.05) is 13.8 Å². The molecule has 23 heavy (non-hydrogen) atoms. The van der Waals surface area contributed by atoms with Gasteiger partial charge in [-0.15, -0.1) is 0 Å². The number of fused-ring (bicyclic) bond motifs is 1. The quantitative estimate of drug-likeness (QED) is 0.775. The van der Waals surface area contributed by atoms with E-state index in [1.807, 2.05) is 6.92 Å². The largest absolute Gasteiger partial charge is 0.481 e. The Morgan fingerprint density at radius 3 is 2.39 bits per heavy atom. The highest BCUT2D eigenvalue weighted by molar-refractivity contribution is 5.75. The number of carboxylic acids is 1. The molecule has 0 aromatic carbocycles. The number of aliphatic carboxylic acids is 1. The van der Waals surface area contributed by atoms with Gasteiger partial charge in [-0.05, 0) is 86.4 Å². The van der Waals surface area contributed by atoms with Gasteiger partial charge in [-0.25, -0.2) is 0 Å². The first kappa shape index (κ1) is 14.7. The van der Waals surface area contributed by atoms with Crippen LogP contribution in [-0.2, 0) is 4.79 Å². The van der Waals surface area contributed by atoms with Crippen LogP contribution in [0.5, 0.6) is 0 Å². The first-order chi connectivity index (χ1) is 10.7. The highest BCUT2D eigenvalue weighted by Crippen LogP contribution is 2.85. The van der Waals surface area contributed by atoms with Crippen LogP contribution < -0.4 is 0 Å². The lowest BCUT2D eigenvalue weighted by molar-refractivity contribution is -0.219. The highest BCUT2D eigenvalue weighted by Gasteiger charge is 2.79. The minimum Gasteiger partial charge on any atom is -0.481 e. The van der Waals surface area contributed by atoms with Crippen LogP contribution in [0, 0.1) is 45.3 Å². The normalized spacial score (nSPS) is 65.7. The predicted octanol–water partition coefficient (Wildman–Crippen LogP) is 3.70. The van der Waals surface area contributed by atoms with Crippen LogP contribution in [0.25, 0.3) is 0 Å². The average molecular weight is 318 g/mol. The lowest BCUT2D eigenvalue weighted by Crippen LogP contribution is -2.64. The highest BCUT2D eigenvalue weighted by atomic mass is 16.4. The summed E-state index contributed by atoms with van der Waals surface area (Å²) in [6.07, 6.45) is 7.13. The molecule has 0 radical (unpaired) electrons. The topological polar surface area (TPSA) is 57.5 Å². The van der Waals surface area contributed by atoms with Crippen molar-refractivity contribution in [3.8, 4) is 0 Å². The molecule has 4 bridgehead atoms. The van der Waals surface area contributed by atoms with Crippen molar-refractivity contribution < 1.29 is 15.0 Å². The van der Waals surface area contributed by atoms with Crippen LogP contribution in [0.15, 0.2) is 0 Å². The Bertz CT molecular complexity index is 602. The third-order valence-electron chi connectivity index (χ3n) is 10.0. The average Bonchev–Trinajstić information content (AvgIpc) is 2.94. The summed E-state index contributed by atoms with van der Waals surface area (Å²) in [5, 5.41) is 20.9. The number of hydrogen-bond donors (Lipinski definition) is 2. The second-order valence-electron chi connectivity index (χ2n) is 10.5. The van der Waals surface area contributed by atoms with Gasteiger partial charge < -0.3 is 10.2 Å². The Morgan fingerprint density at radius 1 is 1.04 bits per heavy atom. The molecule has 3 nitrogen and oxygen atoms in total. The van der Waals surface area contributed by atoms with Crippen molar-refractivity contribution in [3.05, 3.63) is 0 Å². The first-order valence-electron chi connectivity index (χ1n) is 9.60. The van der Waals surface area contributed by atoms with Gasteiger partial charge in [0.1, 0.15) is 0 Å². The van der Waals surface area contributed by atoms with E-state index >= 15 is 0 Å². The van der Waals surface area contributed by atoms with E-state index in [-0.39, 0.29) is 17.4 Å². The van der Waals surface area contributed by atoms with Gasteiger partial charge in [0, 0.05) is 5.41 Å². The number of carbonyl (C=O) groups is 1. The molecule has 2 N–H and O–H groups in total. The van der Waals surface area contributed by atoms with Crippen LogP contribution in [0.4, 0.5) is 0 Å². The molecule has 9 atom stereocenters. The van der Waals surface area contributed by atoms with Crippen molar-refractivity contribution in [1.29, 1.82) is 0 Å². The van der Waals surface area contributed by atoms with Gasteiger partial charge in [0.05, 0.1) is 11.5 Å². The summed E-state index contributed by atoms with van der Waals surface area (Å²) in [5.41, 5.74) is 0.161. The van der Waals surface area contributed by atoms with Crippen molar-refractivity contribution in [2.45, 2.75) is 71.8 Å². The zero-order chi connectivity index (χ0) is 16.4. The second-order valence-corrected chi connectivity index (χ2v) is 10.5. The second kappa shape index (κ2) is 3.81. The van der Waals surface area contributed by atoms with Crippen molar-refractivity contribution in [2.75, 3.05) is 0 Å². The zero-order valence-electron chi connectivity index (χ0n) is 14.6. The minimum atomic E-state index is -0.650. The molecule has 3 heteroatoms. The third kappa shape index (κ3) is 1.38. The molecule has 0 aromatic rings. The molecule has 6 aliphatic rings. The fourth-order valence-electron chi connectivity index (χ4n) is 8.78. The van der Waals surface area contributed by atoms with Crippen molar-refractivity contribution >= 4 is 5.97 Å². The molecule has 0 aliphatic heterocycles. The van der Waals surface area contributed by atoms with Gasteiger partial charge >= 0.3 is 5.97 Å². The maximum absolute atomic E-state index is 12.1. The van der Waals surface area contributed by atoms with Gasteiger partial charge in [0.25, 0.3) is 0 Å². The molecule has 0 unspecified atom stereocenters. The number of aliphatic hydroxyl groups is 1. The summed E-state index contributed by atoms with van der Waals surface area (Å²) in [7, 11) is 0. The molecule has 6 fully saturated rings. The van der Waals surface area contributed by atoms with Gasteiger partial charge in [0.15, 0.2) is 0 Å². The number of carboxylic acid groups (broad SMARTS) is 1.